The molecule has 0 atom stereocenters. The molecule has 8 heteroatoms. The van der Waals surface area contributed by atoms with Crippen molar-refractivity contribution in [2.45, 2.75) is 13.3 Å². The van der Waals surface area contributed by atoms with Crippen molar-refractivity contribution in [1.82, 2.24) is 19.9 Å². The Hall–Kier alpha value is -3.94. The van der Waals surface area contributed by atoms with Gasteiger partial charge in [-0.2, -0.15) is 5.10 Å². The van der Waals surface area contributed by atoms with E-state index in [1.54, 1.807) is 29.0 Å². The molecule has 0 saturated carbocycles. The number of fused-ring (bicyclic) bond motifs is 2. The number of amides is 1. The van der Waals surface area contributed by atoms with E-state index < -0.39 is 0 Å². The summed E-state index contributed by atoms with van der Waals surface area (Å²) in [4.78, 5) is 17.2. The van der Waals surface area contributed by atoms with E-state index in [2.05, 4.69) is 15.4 Å². The first-order chi connectivity index (χ1) is 15.1. The molecule has 1 aliphatic rings. The summed E-state index contributed by atoms with van der Waals surface area (Å²) < 4.78 is 25.5. The Bertz CT molecular complexity index is 1280. The molecule has 2 aromatic carbocycles. The molecule has 0 aliphatic carbocycles. The van der Waals surface area contributed by atoms with Gasteiger partial charge in [-0.25, -0.2) is 13.9 Å². The first-order valence-corrected chi connectivity index (χ1v) is 9.86. The summed E-state index contributed by atoms with van der Waals surface area (Å²) in [5.74, 6) is 0.894. The van der Waals surface area contributed by atoms with Crippen LogP contribution in [0.15, 0.2) is 54.9 Å². The largest absolute Gasteiger partial charge is 0.454 e. The molecule has 2 aromatic heterocycles. The number of ether oxygens (including phenoxy) is 2. The van der Waals surface area contributed by atoms with Gasteiger partial charge in [0.05, 0.1) is 17.5 Å². The van der Waals surface area contributed by atoms with Crippen LogP contribution in [0.4, 0.5) is 4.39 Å². The molecule has 0 spiro atoms. The van der Waals surface area contributed by atoms with Crippen LogP contribution in [0.1, 0.15) is 21.6 Å². The molecule has 5 rings (SSSR count). The SMILES string of the molecule is Cc1c(C(=O)NCCc2ccc(F)cc2)cnc2c(-c3ccc4c(c3)OCO4)cnn12. The normalized spacial score (nSPS) is 12.3. The van der Waals surface area contributed by atoms with Crippen LogP contribution in [-0.2, 0) is 6.42 Å². The number of carbonyl (C=O) groups is 1. The van der Waals surface area contributed by atoms with E-state index in [0.717, 1.165) is 16.7 Å². The summed E-state index contributed by atoms with van der Waals surface area (Å²) in [7, 11) is 0. The minimum absolute atomic E-state index is 0.213. The van der Waals surface area contributed by atoms with E-state index in [4.69, 9.17) is 9.47 Å². The van der Waals surface area contributed by atoms with Crippen molar-refractivity contribution in [2.24, 2.45) is 0 Å². The maximum Gasteiger partial charge on any atom is 0.254 e. The number of aromatic nitrogens is 3. The zero-order valence-corrected chi connectivity index (χ0v) is 16.8. The quantitative estimate of drug-likeness (QED) is 0.536. The summed E-state index contributed by atoms with van der Waals surface area (Å²) in [5, 5.41) is 7.32. The van der Waals surface area contributed by atoms with E-state index in [1.807, 2.05) is 25.1 Å². The number of nitrogens with zero attached hydrogens (tertiary/aromatic N) is 3. The third kappa shape index (κ3) is 3.56. The zero-order chi connectivity index (χ0) is 21.4. The lowest BCUT2D eigenvalue weighted by atomic mass is 10.1. The van der Waals surface area contributed by atoms with E-state index >= 15 is 0 Å². The molecule has 0 unspecified atom stereocenters. The van der Waals surface area contributed by atoms with Gasteiger partial charge in [-0.3, -0.25) is 4.79 Å². The second-order valence-corrected chi connectivity index (χ2v) is 7.25. The maximum absolute atomic E-state index is 13.0. The van der Waals surface area contributed by atoms with Gasteiger partial charge in [0, 0.05) is 18.3 Å². The molecule has 0 fully saturated rings. The monoisotopic (exact) mass is 418 g/mol. The lowest BCUT2D eigenvalue weighted by Gasteiger charge is -2.09. The van der Waals surface area contributed by atoms with E-state index in [9.17, 15) is 9.18 Å². The summed E-state index contributed by atoms with van der Waals surface area (Å²) in [6.45, 7) is 2.48. The van der Waals surface area contributed by atoms with Crippen molar-refractivity contribution < 1.29 is 18.7 Å². The number of hydrogen-bond acceptors (Lipinski definition) is 5. The van der Waals surface area contributed by atoms with Crippen molar-refractivity contribution >= 4 is 11.6 Å². The highest BCUT2D eigenvalue weighted by Crippen LogP contribution is 2.36. The van der Waals surface area contributed by atoms with Crippen LogP contribution in [-0.4, -0.2) is 33.8 Å². The molecule has 1 aliphatic heterocycles. The predicted molar refractivity (Wildman–Crippen MR) is 112 cm³/mol. The number of rotatable bonds is 5. The molecule has 31 heavy (non-hydrogen) atoms. The zero-order valence-electron chi connectivity index (χ0n) is 16.8. The van der Waals surface area contributed by atoms with Crippen LogP contribution in [0, 0.1) is 12.7 Å². The van der Waals surface area contributed by atoms with Crippen molar-refractivity contribution in [2.75, 3.05) is 13.3 Å². The number of hydrogen-bond donors (Lipinski definition) is 1. The van der Waals surface area contributed by atoms with Crippen molar-refractivity contribution in [1.29, 1.82) is 0 Å². The lowest BCUT2D eigenvalue weighted by molar-refractivity contribution is 0.0952. The fraction of sp³-hybridized carbons (Fsp3) is 0.174. The third-order valence-electron chi connectivity index (χ3n) is 5.31. The number of carbonyl (C=O) groups excluding carboxylic acids is 1. The second kappa shape index (κ2) is 7.71. The van der Waals surface area contributed by atoms with Crippen LogP contribution in [0.5, 0.6) is 11.5 Å². The number of benzene rings is 2. The molecule has 156 valence electrons. The Labute approximate surface area is 177 Å². The highest BCUT2D eigenvalue weighted by Gasteiger charge is 2.19. The first-order valence-electron chi connectivity index (χ1n) is 9.86. The van der Waals surface area contributed by atoms with Gasteiger partial charge in [-0.1, -0.05) is 18.2 Å². The topological polar surface area (TPSA) is 77.8 Å². The molecule has 0 radical (unpaired) electrons. The summed E-state index contributed by atoms with van der Waals surface area (Å²) in [6, 6.07) is 11.9. The molecule has 4 aromatic rings. The fourth-order valence-corrected chi connectivity index (χ4v) is 3.60. The summed E-state index contributed by atoms with van der Waals surface area (Å²) >= 11 is 0. The van der Waals surface area contributed by atoms with Gasteiger partial charge in [-0.15, -0.1) is 0 Å². The molecule has 0 saturated heterocycles. The van der Waals surface area contributed by atoms with Gasteiger partial charge in [0.2, 0.25) is 6.79 Å². The van der Waals surface area contributed by atoms with Gasteiger partial charge in [0.25, 0.3) is 5.91 Å². The van der Waals surface area contributed by atoms with Crippen molar-refractivity contribution in [3.05, 3.63) is 77.5 Å². The summed E-state index contributed by atoms with van der Waals surface area (Å²) in [5.41, 5.74) is 4.49. The van der Waals surface area contributed by atoms with Crippen LogP contribution >= 0.6 is 0 Å². The van der Waals surface area contributed by atoms with E-state index in [1.165, 1.54) is 12.1 Å². The molecule has 1 N–H and O–H groups in total. The Morgan fingerprint density at radius 2 is 1.94 bits per heavy atom. The highest BCUT2D eigenvalue weighted by atomic mass is 19.1. The third-order valence-corrected chi connectivity index (χ3v) is 5.31. The van der Waals surface area contributed by atoms with Gasteiger partial charge in [0.1, 0.15) is 5.82 Å². The van der Waals surface area contributed by atoms with Gasteiger partial charge in [-0.05, 0) is 48.7 Å². The van der Waals surface area contributed by atoms with Gasteiger partial charge < -0.3 is 14.8 Å². The summed E-state index contributed by atoms with van der Waals surface area (Å²) in [6.07, 6.45) is 3.90. The van der Waals surface area contributed by atoms with Gasteiger partial charge in [0.15, 0.2) is 17.1 Å². The molecule has 7 nitrogen and oxygen atoms in total. The highest BCUT2D eigenvalue weighted by molar-refractivity contribution is 5.95. The van der Waals surface area contributed by atoms with E-state index in [0.29, 0.717) is 41.4 Å². The molecule has 1 amide bonds. The predicted octanol–water partition coefficient (Wildman–Crippen LogP) is 3.55. The Kier molecular flexibility index (Phi) is 4.74. The number of nitrogens with one attached hydrogen (secondary N) is 1. The number of halogens is 1. The Balaban J connectivity index is 1.35. The Morgan fingerprint density at radius 1 is 1.13 bits per heavy atom. The fourth-order valence-electron chi connectivity index (χ4n) is 3.60. The standard InChI is InChI=1S/C23H19FN4O3/c1-14-18(23(29)25-9-8-15-2-5-17(24)6-3-15)11-26-22-19(12-27-28(14)22)16-4-7-20-21(10-16)31-13-30-20/h2-7,10-12H,8-9,13H2,1H3,(H,25,29). The first kappa shape index (κ1) is 19.0. The average molecular weight is 418 g/mol. The van der Waals surface area contributed by atoms with Crippen LogP contribution < -0.4 is 14.8 Å². The van der Waals surface area contributed by atoms with Gasteiger partial charge >= 0.3 is 0 Å². The van der Waals surface area contributed by atoms with Crippen LogP contribution in [0.25, 0.3) is 16.8 Å². The molecule has 3 heterocycles. The second-order valence-electron chi connectivity index (χ2n) is 7.25. The van der Waals surface area contributed by atoms with Crippen molar-refractivity contribution in [3.63, 3.8) is 0 Å². The smallest absolute Gasteiger partial charge is 0.254 e. The maximum atomic E-state index is 13.0. The average Bonchev–Trinajstić information content (AvgIpc) is 3.42. The Morgan fingerprint density at radius 3 is 2.77 bits per heavy atom. The van der Waals surface area contributed by atoms with E-state index in [-0.39, 0.29) is 18.5 Å². The number of aryl methyl sites for hydroxylation is 1. The van der Waals surface area contributed by atoms with Crippen LogP contribution in [0.3, 0.4) is 0 Å². The molecule has 0 bridgehead atoms. The molecular formula is C23H19FN4O3. The minimum Gasteiger partial charge on any atom is -0.454 e. The van der Waals surface area contributed by atoms with Crippen LogP contribution in [0.2, 0.25) is 0 Å². The lowest BCUT2D eigenvalue weighted by Crippen LogP contribution is -2.27. The van der Waals surface area contributed by atoms with Crippen molar-refractivity contribution in [3.8, 4) is 22.6 Å². The molecular weight excluding hydrogens is 399 g/mol. The minimum atomic E-state index is -0.276.